The van der Waals surface area contributed by atoms with Gasteiger partial charge in [0.15, 0.2) is 5.82 Å². The molecule has 0 fully saturated rings. The third-order valence-corrected chi connectivity index (χ3v) is 3.99. The van der Waals surface area contributed by atoms with E-state index in [1.807, 2.05) is 0 Å². The average Bonchev–Trinajstić information content (AvgIpc) is 2.61. The minimum atomic E-state index is 0.294. The lowest BCUT2D eigenvalue weighted by atomic mass is 10.3. The molecule has 90 valence electrons. The largest absolute Gasteiger partial charge is 0.382 e. The Labute approximate surface area is 109 Å². The van der Waals surface area contributed by atoms with E-state index >= 15 is 0 Å². The Kier molecular flexibility index (Phi) is 3.49. The second kappa shape index (κ2) is 4.89. The van der Waals surface area contributed by atoms with E-state index in [0.29, 0.717) is 23.2 Å². The highest BCUT2D eigenvalue weighted by Gasteiger charge is 2.07. The van der Waals surface area contributed by atoms with E-state index in [0.717, 1.165) is 0 Å². The summed E-state index contributed by atoms with van der Waals surface area (Å²) in [4.78, 5) is 10.4. The first-order valence-electron chi connectivity index (χ1n) is 5.13. The molecule has 2 aromatic rings. The fourth-order valence-electron chi connectivity index (χ4n) is 1.41. The van der Waals surface area contributed by atoms with E-state index in [1.165, 1.54) is 21.6 Å². The minimum absolute atomic E-state index is 0.294. The van der Waals surface area contributed by atoms with Crippen LogP contribution in [0.5, 0.6) is 0 Å². The van der Waals surface area contributed by atoms with Crippen LogP contribution in [0.1, 0.15) is 15.3 Å². The van der Waals surface area contributed by atoms with Crippen molar-refractivity contribution in [3.63, 3.8) is 0 Å². The van der Waals surface area contributed by atoms with Crippen molar-refractivity contribution in [3.8, 4) is 0 Å². The van der Waals surface area contributed by atoms with Crippen molar-refractivity contribution < 1.29 is 0 Å². The van der Waals surface area contributed by atoms with Gasteiger partial charge in [-0.2, -0.15) is 0 Å². The maximum atomic E-state index is 5.99. The lowest BCUT2D eigenvalue weighted by Gasteiger charge is -2.06. The number of aromatic nitrogens is 2. The van der Waals surface area contributed by atoms with E-state index in [4.69, 9.17) is 17.3 Å². The monoisotopic (exact) mass is 268 g/mol. The Morgan fingerprint density at radius 2 is 2.18 bits per heavy atom. The van der Waals surface area contributed by atoms with Gasteiger partial charge in [0, 0.05) is 9.75 Å². The van der Waals surface area contributed by atoms with Crippen molar-refractivity contribution in [2.24, 2.45) is 0 Å². The number of nitrogens with zero attached hydrogens (tertiary/aromatic N) is 2. The third-order valence-electron chi connectivity index (χ3n) is 2.46. The maximum absolute atomic E-state index is 5.99. The predicted octanol–water partition coefficient (Wildman–Crippen LogP) is 3.00. The molecule has 0 spiro atoms. The number of rotatable bonds is 3. The summed E-state index contributed by atoms with van der Waals surface area (Å²) in [5, 5.41) is 3.53. The number of nitrogen functional groups attached to an aromatic ring is 1. The predicted molar refractivity (Wildman–Crippen MR) is 72.6 cm³/mol. The van der Waals surface area contributed by atoms with Crippen LogP contribution in [-0.2, 0) is 6.54 Å². The van der Waals surface area contributed by atoms with Gasteiger partial charge in [-0.05, 0) is 25.5 Å². The zero-order chi connectivity index (χ0) is 12.4. The highest BCUT2D eigenvalue weighted by atomic mass is 35.5. The van der Waals surface area contributed by atoms with Crippen LogP contribution in [0.4, 0.5) is 11.6 Å². The lowest BCUT2D eigenvalue weighted by molar-refractivity contribution is 1.10. The van der Waals surface area contributed by atoms with Gasteiger partial charge < -0.3 is 11.1 Å². The molecule has 3 N–H and O–H groups in total. The summed E-state index contributed by atoms with van der Waals surface area (Å²) >= 11 is 7.75. The van der Waals surface area contributed by atoms with Crippen LogP contribution in [0.25, 0.3) is 0 Å². The van der Waals surface area contributed by atoms with Gasteiger partial charge in [-0.15, -0.1) is 11.3 Å². The number of hydrogen-bond donors (Lipinski definition) is 2. The average molecular weight is 269 g/mol. The van der Waals surface area contributed by atoms with Gasteiger partial charge in [-0.3, -0.25) is 0 Å². The van der Waals surface area contributed by atoms with Crippen LogP contribution in [-0.4, -0.2) is 9.97 Å². The smallest absolute Gasteiger partial charge is 0.150 e. The number of halogens is 1. The van der Waals surface area contributed by atoms with Crippen molar-refractivity contribution in [2.45, 2.75) is 20.4 Å². The van der Waals surface area contributed by atoms with E-state index in [9.17, 15) is 0 Å². The summed E-state index contributed by atoms with van der Waals surface area (Å²) in [5.74, 6) is 0.866. The molecular formula is C11H13ClN4S. The van der Waals surface area contributed by atoms with Gasteiger partial charge in [-0.25, -0.2) is 9.97 Å². The zero-order valence-electron chi connectivity index (χ0n) is 9.62. The molecule has 0 atom stereocenters. The van der Waals surface area contributed by atoms with Crippen LogP contribution < -0.4 is 11.1 Å². The number of nitrogens with two attached hydrogens (primary N) is 1. The van der Waals surface area contributed by atoms with Crippen molar-refractivity contribution in [3.05, 3.63) is 32.7 Å². The summed E-state index contributed by atoms with van der Waals surface area (Å²) in [6, 6.07) is 2.16. The molecule has 4 nitrogen and oxygen atoms in total. The fourth-order valence-corrected chi connectivity index (χ4v) is 2.57. The Balaban J connectivity index is 2.10. The van der Waals surface area contributed by atoms with Gasteiger partial charge in [0.25, 0.3) is 0 Å². The molecule has 0 aliphatic heterocycles. The van der Waals surface area contributed by atoms with Crippen LogP contribution >= 0.6 is 22.9 Å². The molecule has 0 aliphatic rings. The molecule has 0 radical (unpaired) electrons. The Bertz CT molecular complexity index is 519. The molecule has 0 saturated heterocycles. The summed E-state index contributed by atoms with van der Waals surface area (Å²) in [5.41, 5.74) is 6.90. The number of thiophene rings is 1. The number of aryl methyl sites for hydroxylation is 2. The molecule has 17 heavy (non-hydrogen) atoms. The van der Waals surface area contributed by atoms with Crippen molar-refractivity contribution in [1.29, 1.82) is 0 Å². The standard InChI is InChI=1S/C11H13ClN4S/c1-6-3-8(17-7(6)2)4-14-11-9(12)10(13)15-5-16-11/h3,5H,4H2,1-2H3,(H3,13,14,15,16). The normalized spacial score (nSPS) is 10.5. The first-order valence-corrected chi connectivity index (χ1v) is 6.33. The Morgan fingerprint density at radius 3 is 2.82 bits per heavy atom. The number of nitrogens with one attached hydrogen (secondary N) is 1. The molecule has 2 aromatic heterocycles. The van der Waals surface area contributed by atoms with E-state index in [-0.39, 0.29) is 0 Å². The van der Waals surface area contributed by atoms with Crippen molar-refractivity contribution in [1.82, 2.24) is 9.97 Å². The maximum Gasteiger partial charge on any atom is 0.150 e. The van der Waals surface area contributed by atoms with Crippen LogP contribution in [0.15, 0.2) is 12.4 Å². The van der Waals surface area contributed by atoms with Gasteiger partial charge in [0.05, 0.1) is 6.54 Å². The summed E-state index contributed by atoms with van der Waals surface area (Å²) in [7, 11) is 0. The van der Waals surface area contributed by atoms with Crippen LogP contribution in [0.2, 0.25) is 5.02 Å². The number of anilines is 2. The molecular weight excluding hydrogens is 256 g/mol. The fraction of sp³-hybridized carbons (Fsp3) is 0.273. The third kappa shape index (κ3) is 2.68. The summed E-state index contributed by atoms with van der Waals surface area (Å²) in [6.07, 6.45) is 1.40. The first-order chi connectivity index (χ1) is 8.08. The molecule has 0 bridgehead atoms. The van der Waals surface area contributed by atoms with E-state index in [1.54, 1.807) is 11.3 Å². The van der Waals surface area contributed by atoms with Gasteiger partial charge >= 0.3 is 0 Å². The van der Waals surface area contributed by atoms with Gasteiger partial charge in [0.2, 0.25) is 0 Å². The molecule has 0 amide bonds. The molecule has 6 heteroatoms. The van der Waals surface area contributed by atoms with Crippen LogP contribution in [0.3, 0.4) is 0 Å². The van der Waals surface area contributed by atoms with E-state index in [2.05, 4.69) is 35.2 Å². The van der Waals surface area contributed by atoms with Crippen molar-refractivity contribution in [2.75, 3.05) is 11.1 Å². The molecule has 0 aliphatic carbocycles. The Hall–Kier alpha value is -1.33. The minimum Gasteiger partial charge on any atom is -0.382 e. The zero-order valence-corrected chi connectivity index (χ0v) is 11.2. The summed E-state index contributed by atoms with van der Waals surface area (Å²) in [6.45, 7) is 4.90. The molecule has 2 heterocycles. The first kappa shape index (κ1) is 12.1. The SMILES string of the molecule is Cc1cc(CNc2ncnc(N)c2Cl)sc1C. The van der Waals surface area contributed by atoms with Crippen LogP contribution in [0, 0.1) is 13.8 Å². The van der Waals surface area contributed by atoms with Gasteiger partial charge in [-0.1, -0.05) is 11.6 Å². The van der Waals surface area contributed by atoms with Gasteiger partial charge in [0.1, 0.15) is 17.2 Å². The highest BCUT2D eigenvalue weighted by Crippen LogP contribution is 2.25. The molecule has 2 rings (SSSR count). The Morgan fingerprint density at radius 1 is 1.41 bits per heavy atom. The second-order valence-electron chi connectivity index (χ2n) is 3.73. The van der Waals surface area contributed by atoms with E-state index < -0.39 is 0 Å². The molecule has 0 saturated carbocycles. The number of hydrogen-bond acceptors (Lipinski definition) is 5. The molecule has 0 unspecified atom stereocenters. The van der Waals surface area contributed by atoms with Crippen molar-refractivity contribution >= 4 is 34.6 Å². The highest BCUT2D eigenvalue weighted by molar-refractivity contribution is 7.12. The summed E-state index contributed by atoms with van der Waals surface area (Å²) < 4.78 is 0. The quantitative estimate of drug-likeness (QED) is 0.898. The second-order valence-corrected chi connectivity index (χ2v) is 5.45. The lowest BCUT2D eigenvalue weighted by Crippen LogP contribution is -2.03. The molecule has 0 aromatic carbocycles. The topological polar surface area (TPSA) is 63.8 Å².